The van der Waals surface area contributed by atoms with E-state index in [-0.39, 0.29) is 6.04 Å². The molecule has 0 bridgehead atoms. The summed E-state index contributed by atoms with van der Waals surface area (Å²) in [6, 6.07) is 4.65. The van der Waals surface area contributed by atoms with Crippen LogP contribution in [0.2, 0.25) is 0 Å². The Balaban J connectivity index is 2.12. The van der Waals surface area contributed by atoms with Gasteiger partial charge in [-0.05, 0) is 57.3 Å². The van der Waals surface area contributed by atoms with E-state index in [1.54, 1.807) is 11.3 Å². The standard InChI is InChI=1S/C13H18Br2N4S/c1-3-8(2)19-5-4-9(18-19)6-11(17-16)12-7-10(14)13(15)20-12/h4-5,7-8,11,17H,3,6,16H2,1-2H3. The van der Waals surface area contributed by atoms with Gasteiger partial charge in [-0.3, -0.25) is 16.0 Å². The van der Waals surface area contributed by atoms with Crippen LogP contribution in [0.4, 0.5) is 0 Å². The van der Waals surface area contributed by atoms with Gasteiger partial charge in [-0.25, -0.2) is 0 Å². The molecule has 2 atom stereocenters. The Morgan fingerprint density at radius 3 is 2.80 bits per heavy atom. The first-order valence-corrected chi connectivity index (χ1v) is 8.90. The molecule has 0 saturated heterocycles. The molecule has 0 aliphatic rings. The van der Waals surface area contributed by atoms with Gasteiger partial charge in [-0.1, -0.05) is 6.92 Å². The molecule has 7 heteroatoms. The van der Waals surface area contributed by atoms with E-state index in [0.717, 1.165) is 26.8 Å². The number of rotatable bonds is 6. The highest BCUT2D eigenvalue weighted by molar-refractivity contribution is 9.13. The van der Waals surface area contributed by atoms with E-state index in [1.807, 2.05) is 10.9 Å². The Morgan fingerprint density at radius 1 is 1.50 bits per heavy atom. The number of hydrogen-bond donors (Lipinski definition) is 2. The van der Waals surface area contributed by atoms with Crippen molar-refractivity contribution in [3.63, 3.8) is 0 Å². The van der Waals surface area contributed by atoms with Crippen LogP contribution in [0.15, 0.2) is 26.6 Å². The van der Waals surface area contributed by atoms with E-state index >= 15 is 0 Å². The molecular formula is C13H18Br2N4S. The van der Waals surface area contributed by atoms with Gasteiger partial charge in [0, 0.05) is 28.0 Å². The molecule has 2 rings (SSSR count). The van der Waals surface area contributed by atoms with Gasteiger partial charge in [-0.15, -0.1) is 11.3 Å². The molecule has 2 unspecified atom stereocenters. The van der Waals surface area contributed by atoms with Crippen LogP contribution in [-0.4, -0.2) is 9.78 Å². The van der Waals surface area contributed by atoms with Crippen molar-refractivity contribution in [2.24, 2.45) is 5.84 Å². The van der Waals surface area contributed by atoms with Crippen molar-refractivity contribution in [1.82, 2.24) is 15.2 Å². The topological polar surface area (TPSA) is 55.9 Å². The van der Waals surface area contributed by atoms with Crippen molar-refractivity contribution in [3.05, 3.63) is 37.2 Å². The third kappa shape index (κ3) is 3.71. The van der Waals surface area contributed by atoms with Crippen molar-refractivity contribution in [1.29, 1.82) is 0 Å². The van der Waals surface area contributed by atoms with Crippen LogP contribution in [0.3, 0.4) is 0 Å². The lowest BCUT2D eigenvalue weighted by Crippen LogP contribution is -2.29. The summed E-state index contributed by atoms with van der Waals surface area (Å²) in [5, 5.41) is 4.63. The second kappa shape index (κ2) is 7.17. The SMILES string of the molecule is CCC(C)n1ccc(CC(NN)c2cc(Br)c(Br)s2)n1. The Morgan fingerprint density at radius 2 is 2.25 bits per heavy atom. The summed E-state index contributed by atoms with van der Waals surface area (Å²) >= 11 is 8.70. The summed E-state index contributed by atoms with van der Waals surface area (Å²) in [6.45, 7) is 4.33. The molecule has 4 nitrogen and oxygen atoms in total. The molecule has 0 saturated carbocycles. The average molecular weight is 422 g/mol. The zero-order valence-corrected chi connectivity index (χ0v) is 15.4. The van der Waals surface area contributed by atoms with Gasteiger partial charge in [0.2, 0.25) is 0 Å². The van der Waals surface area contributed by atoms with Crippen LogP contribution in [0.5, 0.6) is 0 Å². The summed E-state index contributed by atoms with van der Waals surface area (Å²) < 4.78 is 4.16. The fourth-order valence-electron chi connectivity index (χ4n) is 1.90. The number of hydrazine groups is 1. The molecule has 2 aromatic rings. The molecular weight excluding hydrogens is 404 g/mol. The predicted molar refractivity (Wildman–Crippen MR) is 90.7 cm³/mol. The second-order valence-electron chi connectivity index (χ2n) is 4.74. The van der Waals surface area contributed by atoms with Gasteiger partial charge in [0.25, 0.3) is 0 Å². The van der Waals surface area contributed by atoms with E-state index in [4.69, 9.17) is 5.84 Å². The van der Waals surface area contributed by atoms with Crippen LogP contribution in [0, 0.1) is 0 Å². The first-order chi connectivity index (χ1) is 9.55. The van der Waals surface area contributed by atoms with Crippen molar-refractivity contribution in [2.75, 3.05) is 0 Å². The Kier molecular flexibility index (Phi) is 5.80. The third-order valence-corrected chi connectivity index (χ3v) is 6.70. The molecule has 3 N–H and O–H groups in total. The Hall–Kier alpha value is -0.210. The Labute approximate surface area is 140 Å². The third-order valence-electron chi connectivity index (χ3n) is 3.33. The number of aromatic nitrogens is 2. The number of nitrogens with zero attached hydrogens (tertiary/aromatic N) is 2. The van der Waals surface area contributed by atoms with Crippen molar-refractivity contribution < 1.29 is 0 Å². The van der Waals surface area contributed by atoms with Gasteiger partial charge >= 0.3 is 0 Å². The van der Waals surface area contributed by atoms with Crippen molar-refractivity contribution >= 4 is 43.2 Å². The summed E-state index contributed by atoms with van der Waals surface area (Å²) in [5.41, 5.74) is 3.93. The molecule has 0 spiro atoms. The number of hydrogen-bond acceptors (Lipinski definition) is 4. The first-order valence-electron chi connectivity index (χ1n) is 6.50. The second-order valence-corrected chi connectivity index (χ2v) is 7.99. The largest absolute Gasteiger partial charge is 0.271 e. The predicted octanol–water partition coefficient (Wildman–Crippen LogP) is 4.19. The molecule has 0 aliphatic carbocycles. The van der Waals surface area contributed by atoms with Crippen LogP contribution in [-0.2, 0) is 6.42 Å². The molecule has 0 fully saturated rings. The van der Waals surface area contributed by atoms with Crippen LogP contribution >= 0.6 is 43.2 Å². The van der Waals surface area contributed by atoms with Crippen molar-refractivity contribution in [2.45, 2.75) is 38.8 Å². The highest BCUT2D eigenvalue weighted by Gasteiger charge is 2.17. The Bertz CT molecular complexity index is 547. The monoisotopic (exact) mass is 420 g/mol. The zero-order chi connectivity index (χ0) is 14.7. The maximum atomic E-state index is 5.70. The molecule has 0 aliphatic heterocycles. The minimum absolute atomic E-state index is 0.0721. The van der Waals surface area contributed by atoms with Gasteiger partial charge in [0.05, 0.1) is 15.5 Å². The van der Waals surface area contributed by atoms with Gasteiger partial charge in [0.15, 0.2) is 0 Å². The normalized spacial score (nSPS) is 14.4. The number of nitrogens with one attached hydrogen (secondary N) is 1. The number of nitrogens with two attached hydrogens (primary N) is 1. The lowest BCUT2D eigenvalue weighted by Gasteiger charge is -2.13. The highest BCUT2D eigenvalue weighted by Crippen LogP contribution is 2.36. The van der Waals surface area contributed by atoms with E-state index in [1.165, 1.54) is 4.88 Å². The molecule has 20 heavy (non-hydrogen) atoms. The molecule has 2 heterocycles. The fourth-order valence-corrected chi connectivity index (χ4v) is 4.05. The fraction of sp³-hybridized carbons (Fsp3) is 0.462. The summed E-state index contributed by atoms with van der Waals surface area (Å²) in [4.78, 5) is 1.18. The van der Waals surface area contributed by atoms with E-state index in [9.17, 15) is 0 Å². The average Bonchev–Trinajstić information content (AvgIpc) is 3.03. The molecule has 0 amide bonds. The van der Waals surface area contributed by atoms with Crippen molar-refractivity contribution in [3.8, 4) is 0 Å². The van der Waals surface area contributed by atoms with Crippen LogP contribution in [0.25, 0.3) is 0 Å². The number of thiophene rings is 1. The quantitative estimate of drug-likeness (QED) is 0.543. The van der Waals surface area contributed by atoms with Gasteiger partial charge in [0.1, 0.15) is 0 Å². The highest BCUT2D eigenvalue weighted by atomic mass is 79.9. The summed E-state index contributed by atoms with van der Waals surface area (Å²) in [7, 11) is 0. The lowest BCUT2D eigenvalue weighted by atomic mass is 10.1. The number of halogens is 2. The van der Waals surface area contributed by atoms with Crippen LogP contribution in [0.1, 0.15) is 42.9 Å². The zero-order valence-electron chi connectivity index (χ0n) is 11.4. The van der Waals surface area contributed by atoms with Gasteiger partial charge in [-0.2, -0.15) is 5.10 Å². The molecule has 110 valence electrons. The maximum Gasteiger partial charge on any atom is 0.0843 e. The van der Waals surface area contributed by atoms with E-state index < -0.39 is 0 Å². The molecule has 2 aromatic heterocycles. The summed E-state index contributed by atoms with van der Waals surface area (Å²) in [6.07, 6.45) is 3.89. The molecule has 0 aromatic carbocycles. The maximum absolute atomic E-state index is 5.70. The smallest absolute Gasteiger partial charge is 0.0843 e. The van der Waals surface area contributed by atoms with E-state index in [0.29, 0.717) is 6.04 Å². The first kappa shape index (κ1) is 16.2. The van der Waals surface area contributed by atoms with Crippen LogP contribution < -0.4 is 11.3 Å². The molecule has 0 radical (unpaired) electrons. The minimum Gasteiger partial charge on any atom is -0.271 e. The summed E-state index contributed by atoms with van der Waals surface area (Å²) in [5.74, 6) is 5.70. The minimum atomic E-state index is 0.0721. The lowest BCUT2D eigenvalue weighted by molar-refractivity contribution is 0.467. The van der Waals surface area contributed by atoms with E-state index in [2.05, 4.69) is 68.4 Å². The van der Waals surface area contributed by atoms with Gasteiger partial charge < -0.3 is 0 Å².